The second kappa shape index (κ2) is 5.37. The van der Waals surface area contributed by atoms with Gasteiger partial charge in [-0.3, -0.25) is 0 Å². The predicted octanol–water partition coefficient (Wildman–Crippen LogP) is 0.953. The van der Waals surface area contributed by atoms with Crippen molar-refractivity contribution >= 4 is 10.1 Å². The lowest BCUT2D eigenvalue weighted by molar-refractivity contribution is -0.678. The van der Waals surface area contributed by atoms with Crippen LogP contribution in [-0.4, -0.2) is 22.9 Å². The average molecular weight is 319 g/mol. The van der Waals surface area contributed by atoms with Gasteiger partial charge >= 0.3 is 6.18 Å². The molecule has 0 radical (unpaired) electrons. The Morgan fingerprint density at radius 1 is 1.19 bits per heavy atom. The quantitative estimate of drug-likeness (QED) is 0.621. The highest BCUT2D eigenvalue weighted by Gasteiger charge is 2.32. The topological polar surface area (TPSA) is 86.9 Å². The second-order valence-electron chi connectivity index (χ2n) is 4.05. The van der Waals surface area contributed by atoms with Gasteiger partial charge in [0.1, 0.15) is 5.69 Å². The highest BCUT2D eigenvalue weighted by Crippen LogP contribution is 2.28. The number of nitrogens with zero attached hydrogens (tertiary/aromatic N) is 3. The number of alkyl halides is 3. The molecule has 0 aliphatic heterocycles. The number of hydrogen-bond donors (Lipinski definition) is 0. The van der Waals surface area contributed by atoms with Crippen LogP contribution >= 0.6 is 0 Å². The zero-order chi connectivity index (χ0) is 15.7. The van der Waals surface area contributed by atoms with E-state index in [-0.39, 0.29) is 11.4 Å². The minimum absolute atomic E-state index is 0.151. The predicted molar refractivity (Wildman–Crippen MR) is 62.4 cm³/mol. The summed E-state index contributed by atoms with van der Waals surface area (Å²) in [5, 5.41) is 0. The van der Waals surface area contributed by atoms with Crippen LogP contribution in [0.4, 0.5) is 13.2 Å². The number of pyridine rings is 1. The van der Waals surface area contributed by atoms with E-state index in [0.29, 0.717) is 0 Å². The summed E-state index contributed by atoms with van der Waals surface area (Å²) in [7, 11) is -4.45. The first-order chi connectivity index (χ1) is 9.65. The Morgan fingerprint density at radius 2 is 1.81 bits per heavy atom. The molecular weight excluding hydrogens is 311 g/mol. The summed E-state index contributed by atoms with van der Waals surface area (Å²) in [6.45, 7) is 0. The molecule has 0 saturated heterocycles. The SMILES string of the molecule is O=S(=O)([O-])C[n+]1ccc(-c2nccc(C(F)(F)F)n2)cc1. The largest absolute Gasteiger partial charge is 0.743 e. The van der Waals surface area contributed by atoms with Gasteiger partial charge in [0.25, 0.3) is 0 Å². The fraction of sp³-hybridized carbons (Fsp3) is 0.182. The van der Waals surface area contributed by atoms with E-state index in [0.717, 1.165) is 16.8 Å². The van der Waals surface area contributed by atoms with Crippen LogP contribution in [0.1, 0.15) is 5.69 Å². The summed E-state index contributed by atoms with van der Waals surface area (Å²) in [6.07, 6.45) is -1.11. The Bertz CT molecular complexity index is 745. The molecule has 0 bridgehead atoms. The van der Waals surface area contributed by atoms with Crippen molar-refractivity contribution in [3.05, 3.63) is 42.5 Å². The molecule has 2 rings (SSSR count). The van der Waals surface area contributed by atoms with Crippen molar-refractivity contribution in [3.63, 3.8) is 0 Å². The first kappa shape index (κ1) is 15.3. The van der Waals surface area contributed by atoms with Gasteiger partial charge in [0.05, 0.1) is 0 Å². The van der Waals surface area contributed by atoms with E-state index in [2.05, 4.69) is 9.97 Å². The van der Waals surface area contributed by atoms with Crippen LogP contribution < -0.4 is 4.57 Å². The van der Waals surface area contributed by atoms with Crippen LogP contribution in [0.2, 0.25) is 0 Å². The lowest BCUT2D eigenvalue weighted by atomic mass is 10.2. The van der Waals surface area contributed by atoms with Gasteiger partial charge in [0, 0.05) is 23.9 Å². The molecule has 0 N–H and O–H groups in total. The molecule has 0 amide bonds. The molecule has 2 heterocycles. The zero-order valence-corrected chi connectivity index (χ0v) is 11.1. The Kier molecular flexibility index (Phi) is 3.92. The van der Waals surface area contributed by atoms with E-state index in [4.69, 9.17) is 0 Å². The van der Waals surface area contributed by atoms with Gasteiger partial charge in [-0.05, 0) is 6.07 Å². The van der Waals surface area contributed by atoms with Crippen molar-refractivity contribution in [2.24, 2.45) is 0 Å². The van der Waals surface area contributed by atoms with Gasteiger partial charge in [0.15, 0.2) is 28.3 Å². The smallest absolute Gasteiger partial charge is 0.433 e. The molecule has 0 saturated carbocycles. The zero-order valence-electron chi connectivity index (χ0n) is 10.3. The van der Waals surface area contributed by atoms with Crippen molar-refractivity contribution in [3.8, 4) is 11.4 Å². The molecule has 0 aliphatic rings. The third kappa shape index (κ3) is 4.20. The minimum Gasteiger partial charge on any atom is -0.743 e. The molecule has 0 spiro atoms. The molecule has 10 heteroatoms. The number of rotatable bonds is 3. The Hall–Kier alpha value is -2.07. The van der Waals surface area contributed by atoms with Crippen molar-refractivity contribution in [2.75, 3.05) is 0 Å². The lowest BCUT2D eigenvalue weighted by Gasteiger charge is -2.07. The highest BCUT2D eigenvalue weighted by atomic mass is 32.2. The maximum atomic E-state index is 12.5. The van der Waals surface area contributed by atoms with E-state index in [1.165, 1.54) is 24.5 Å². The second-order valence-corrected chi connectivity index (χ2v) is 5.42. The summed E-state index contributed by atoms with van der Waals surface area (Å²) >= 11 is 0. The van der Waals surface area contributed by atoms with E-state index in [9.17, 15) is 26.1 Å². The van der Waals surface area contributed by atoms with E-state index >= 15 is 0 Å². The molecule has 2 aromatic rings. The molecular formula is C11H8F3N3O3S. The summed E-state index contributed by atoms with van der Waals surface area (Å²) in [5.74, 6) is -0.918. The third-order valence-corrected chi connectivity index (χ3v) is 3.02. The molecule has 2 aromatic heterocycles. The number of aromatic nitrogens is 3. The van der Waals surface area contributed by atoms with Gasteiger partial charge in [0.2, 0.25) is 5.88 Å². The van der Waals surface area contributed by atoms with Crippen molar-refractivity contribution in [2.45, 2.75) is 12.1 Å². The van der Waals surface area contributed by atoms with E-state index < -0.39 is 27.9 Å². The molecule has 0 fully saturated rings. The van der Waals surface area contributed by atoms with Crippen LogP contribution in [0.3, 0.4) is 0 Å². The maximum absolute atomic E-state index is 12.5. The van der Waals surface area contributed by atoms with Crippen molar-refractivity contribution in [1.29, 1.82) is 0 Å². The first-order valence-electron chi connectivity index (χ1n) is 5.48. The van der Waals surface area contributed by atoms with Gasteiger partial charge in [-0.1, -0.05) is 0 Å². The summed E-state index contributed by atoms with van der Waals surface area (Å²) in [4.78, 5) is 7.12. The highest BCUT2D eigenvalue weighted by molar-refractivity contribution is 7.84. The van der Waals surface area contributed by atoms with Crippen LogP contribution in [0.25, 0.3) is 11.4 Å². The van der Waals surface area contributed by atoms with Crippen LogP contribution in [-0.2, 0) is 22.2 Å². The molecule has 112 valence electrons. The molecule has 0 aliphatic carbocycles. The maximum Gasteiger partial charge on any atom is 0.433 e. The average Bonchev–Trinajstić information content (AvgIpc) is 2.37. The molecule has 0 aromatic carbocycles. The first-order valence-corrected chi connectivity index (χ1v) is 7.06. The Balaban J connectivity index is 2.31. The Labute approximate surface area is 117 Å². The normalized spacial score (nSPS) is 12.4. The molecule has 6 nitrogen and oxygen atoms in total. The van der Waals surface area contributed by atoms with E-state index in [1.54, 1.807) is 0 Å². The monoisotopic (exact) mass is 319 g/mol. The molecule has 21 heavy (non-hydrogen) atoms. The fourth-order valence-corrected chi connectivity index (χ4v) is 2.07. The van der Waals surface area contributed by atoms with Crippen molar-refractivity contribution in [1.82, 2.24) is 9.97 Å². The number of halogens is 3. The van der Waals surface area contributed by atoms with Gasteiger partial charge < -0.3 is 4.55 Å². The van der Waals surface area contributed by atoms with Crippen LogP contribution in [0, 0.1) is 0 Å². The summed E-state index contributed by atoms with van der Waals surface area (Å²) in [6, 6.07) is 3.39. The Morgan fingerprint density at radius 3 is 2.33 bits per heavy atom. The van der Waals surface area contributed by atoms with Crippen molar-refractivity contribution < 1.29 is 30.7 Å². The summed E-state index contributed by atoms with van der Waals surface area (Å²) in [5.41, 5.74) is -0.813. The molecule has 0 unspecified atom stereocenters. The van der Waals surface area contributed by atoms with Gasteiger partial charge in [-0.25, -0.2) is 18.4 Å². The van der Waals surface area contributed by atoms with E-state index in [1.807, 2.05) is 0 Å². The minimum atomic E-state index is -4.58. The van der Waals surface area contributed by atoms with Gasteiger partial charge in [-0.15, -0.1) is 0 Å². The third-order valence-electron chi connectivity index (χ3n) is 2.40. The van der Waals surface area contributed by atoms with Crippen LogP contribution in [0.5, 0.6) is 0 Å². The standard InChI is InChI=1S/C11H8F3N3O3S/c12-11(13,14)9-1-4-15-10(16-9)8-2-5-17(6-3-8)7-21(18,19)20/h1-6H,7H2. The number of hydrogen-bond acceptors (Lipinski definition) is 5. The lowest BCUT2D eigenvalue weighted by Crippen LogP contribution is -2.36. The molecule has 0 atom stereocenters. The fourth-order valence-electron chi connectivity index (χ4n) is 1.53. The van der Waals surface area contributed by atoms with Crippen LogP contribution in [0.15, 0.2) is 36.8 Å². The van der Waals surface area contributed by atoms with Gasteiger partial charge in [-0.2, -0.15) is 17.7 Å². The summed E-state index contributed by atoms with van der Waals surface area (Å²) < 4.78 is 70.4.